The van der Waals surface area contributed by atoms with Gasteiger partial charge in [0.05, 0.1) is 11.6 Å². The molecular formula is C26H23N3O6. The first-order valence-electron chi connectivity index (χ1n) is 10.9. The molecule has 9 heteroatoms. The van der Waals surface area contributed by atoms with Crippen LogP contribution in [-0.4, -0.2) is 42.0 Å². The second-order valence-corrected chi connectivity index (χ2v) is 7.91. The van der Waals surface area contributed by atoms with Gasteiger partial charge in [0.25, 0.3) is 0 Å². The van der Waals surface area contributed by atoms with Gasteiger partial charge in [0.1, 0.15) is 19.6 Å². The molecule has 4 rings (SSSR count). The Labute approximate surface area is 201 Å². The molecule has 2 heterocycles. The van der Waals surface area contributed by atoms with Crippen LogP contribution >= 0.6 is 0 Å². The predicted octanol–water partition coefficient (Wildman–Crippen LogP) is 3.76. The highest BCUT2D eigenvalue weighted by Crippen LogP contribution is 2.33. The highest BCUT2D eigenvalue weighted by atomic mass is 16.6. The molecule has 178 valence electrons. The number of amides is 1. The van der Waals surface area contributed by atoms with E-state index < -0.39 is 18.5 Å². The van der Waals surface area contributed by atoms with Crippen molar-refractivity contribution in [3.63, 3.8) is 0 Å². The molecule has 1 N–H and O–H groups in total. The molecule has 1 aromatic heterocycles. The van der Waals surface area contributed by atoms with Gasteiger partial charge in [-0.1, -0.05) is 0 Å². The number of aryl methyl sites for hydroxylation is 1. The van der Waals surface area contributed by atoms with E-state index in [9.17, 15) is 14.4 Å². The Bertz CT molecular complexity index is 1330. The van der Waals surface area contributed by atoms with E-state index in [1.54, 1.807) is 12.1 Å². The fourth-order valence-corrected chi connectivity index (χ4v) is 3.87. The third-order valence-electron chi connectivity index (χ3n) is 5.49. The molecule has 0 saturated carbocycles. The van der Waals surface area contributed by atoms with Crippen LogP contribution in [0.3, 0.4) is 0 Å². The molecule has 1 aliphatic rings. The quantitative estimate of drug-likeness (QED) is 0.410. The number of esters is 1. The number of aromatic nitrogens is 1. The molecule has 0 spiro atoms. The minimum atomic E-state index is -0.658. The highest BCUT2D eigenvalue weighted by Gasteiger charge is 2.20. The number of carbonyl (C=O) groups excluding carboxylic acids is 3. The molecule has 2 aromatic carbocycles. The van der Waals surface area contributed by atoms with Gasteiger partial charge in [0.15, 0.2) is 18.1 Å². The Hall–Kier alpha value is -4.58. The lowest BCUT2D eigenvalue weighted by atomic mass is 10.1. The number of anilines is 1. The van der Waals surface area contributed by atoms with Crippen molar-refractivity contribution in [1.29, 1.82) is 5.26 Å². The lowest BCUT2D eigenvalue weighted by Gasteiger charge is -2.20. The number of carbonyl (C=O) groups is 3. The Balaban J connectivity index is 1.42. The van der Waals surface area contributed by atoms with Crippen LogP contribution in [0.5, 0.6) is 11.5 Å². The van der Waals surface area contributed by atoms with E-state index in [1.807, 2.05) is 36.6 Å². The molecule has 1 amide bonds. The van der Waals surface area contributed by atoms with Crippen LogP contribution in [0.4, 0.5) is 5.69 Å². The molecule has 35 heavy (non-hydrogen) atoms. The summed E-state index contributed by atoms with van der Waals surface area (Å²) in [5.74, 6) is -0.0891. The van der Waals surface area contributed by atoms with E-state index in [-0.39, 0.29) is 17.8 Å². The van der Waals surface area contributed by atoms with Gasteiger partial charge in [-0.2, -0.15) is 5.26 Å². The first-order chi connectivity index (χ1) is 16.9. The molecule has 3 aromatic rings. The van der Waals surface area contributed by atoms with E-state index in [1.165, 1.54) is 24.3 Å². The van der Waals surface area contributed by atoms with Crippen LogP contribution in [0.25, 0.3) is 5.69 Å². The molecule has 0 aliphatic carbocycles. The van der Waals surface area contributed by atoms with Crippen molar-refractivity contribution < 1.29 is 28.6 Å². The van der Waals surface area contributed by atoms with Crippen molar-refractivity contribution in [2.75, 3.05) is 25.1 Å². The maximum absolute atomic E-state index is 12.9. The number of ketones is 1. The largest absolute Gasteiger partial charge is 0.486 e. The van der Waals surface area contributed by atoms with Crippen molar-refractivity contribution in [1.82, 2.24) is 4.57 Å². The monoisotopic (exact) mass is 473 g/mol. The zero-order valence-electron chi connectivity index (χ0n) is 19.3. The zero-order valence-corrected chi connectivity index (χ0v) is 19.3. The lowest BCUT2D eigenvalue weighted by Crippen LogP contribution is -2.16. The summed E-state index contributed by atoms with van der Waals surface area (Å²) in [4.78, 5) is 36.7. The molecule has 0 atom stereocenters. The summed E-state index contributed by atoms with van der Waals surface area (Å²) < 4.78 is 18.4. The van der Waals surface area contributed by atoms with Crippen molar-refractivity contribution in [3.8, 4) is 23.3 Å². The number of benzene rings is 2. The first kappa shape index (κ1) is 23.6. The Kier molecular flexibility index (Phi) is 6.83. The smallest absolute Gasteiger partial charge is 0.338 e. The van der Waals surface area contributed by atoms with E-state index in [4.69, 9.17) is 19.5 Å². The number of nitrogens with one attached hydrogen (secondary N) is 1. The molecule has 0 bridgehead atoms. The highest BCUT2D eigenvalue weighted by molar-refractivity contribution is 6.00. The number of ether oxygens (including phenoxy) is 3. The van der Waals surface area contributed by atoms with E-state index in [0.717, 1.165) is 17.1 Å². The summed E-state index contributed by atoms with van der Waals surface area (Å²) in [7, 11) is 0. The standard InChI is InChI=1S/C26H23N3O6/c1-16-13-21(17(2)29(16)20-7-8-23-24(14-20)34-12-11-33-23)22(30)15-35-26(32)18-3-5-19(6-4-18)28-25(31)9-10-27/h3-8,13-14H,9,11-12,15H2,1-2H3,(H,28,31). The van der Waals surface area contributed by atoms with Gasteiger partial charge in [-0.3, -0.25) is 9.59 Å². The number of nitriles is 1. The number of hydrogen-bond acceptors (Lipinski definition) is 7. The SMILES string of the molecule is Cc1cc(C(=O)COC(=O)c2ccc(NC(=O)CC#N)cc2)c(C)n1-c1ccc2c(c1)OCCO2. The molecule has 0 saturated heterocycles. The zero-order chi connectivity index (χ0) is 24.9. The van der Waals surface area contributed by atoms with E-state index in [2.05, 4.69) is 5.32 Å². The van der Waals surface area contributed by atoms with Gasteiger partial charge in [0, 0.05) is 34.4 Å². The molecule has 0 unspecified atom stereocenters. The van der Waals surface area contributed by atoms with Gasteiger partial charge < -0.3 is 24.1 Å². The molecule has 9 nitrogen and oxygen atoms in total. The number of hydrogen-bond donors (Lipinski definition) is 1. The predicted molar refractivity (Wildman–Crippen MR) is 126 cm³/mol. The second-order valence-electron chi connectivity index (χ2n) is 7.91. The minimum Gasteiger partial charge on any atom is -0.486 e. The average molecular weight is 473 g/mol. The van der Waals surface area contributed by atoms with Crippen molar-refractivity contribution in [2.45, 2.75) is 20.3 Å². The molecule has 1 aliphatic heterocycles. The fraction of sp³-hybridized carbons (Fsp3) is 0.231. The third kappa shape index (κ3) is 5.17. The van der Waals surface area contributed by atoms with E-state index in [0.29, 0.717) is 36.0 Å². The maximum Gasteiger partial charge on any atom is 0.338 e. The van der Waals surface area contributed by atoms with Crippen LogP contribution in [0, 0.1) is 25.2 Å². The van der Waals surface area contributed by atoms with Gasteiger partial charge in [-0.25, -0.2) is 4.79 Å². The minimum absolute atomic E-state index is 0.234. The van der Waals surface area contributed by atoms with Gasteiger partial charge in [-0.05, 0) is 56.3 Å². The van der Waals surface area contributed by atoms with Crippen LogP contribution < -0.4 is 14.8 Å². The summed E-state index contributed by atoms with van der Waals surface area (Å²) in [5.41, 5.74) is 3.55. The first-order valence-corrected chi connectivity index (χ1v) is 10.9. The maximum atomic E-state index is 12.9. The van der Waals surface area contributed by atoms with Gasteiger partial charge >= 0.3 is 5.97 Å². The molecular weight excluding hydrogens is 450 g/mol. The Morgan fingerprint density at radius 1 is 1.03 bits per heavy atom. The molecule has 0 radical (unpaired) electrons. The summed E-state index contributed by atoms with van der Waals surface area (Å²) in [6.07, 6.45) is -0.263. The summed E-state index contributed by atoms with van der Waals surface area (Å²) in [6.45, 7) is 4.30. The number of fused-ring (bicyclic) bond motifs is 1. The second kappa shape index (κ2) is 10.1. The van der Waals surface area contributed by atoms with Crippen molar-refractivity contribution in [3.05, 3.63) is 71.0 Å². The Morgan fingerprint density at radius 2 is 1.74 bits per heavy atom. The number of Topliss-reactive ketones (excluding diaryl/α,β-unsaturated/α-hetero) is 1. The Morgan fingerprint density at radius 3 is 2.46 bits per heavy atom. The van der Waals surface area contributed by atoms with Crippen LogP contribution in [-0.2, 0) is 9.53 Å². The van der Waals surface area contributed by atoms with Crippen molar-refractivity contribution >= 4 is 23.3 Å². The number of nitrogens with zero attached hydrogens (tertiary/aromatic N) is 2. The number of rotatable bonds is 7. The summed E-state index contributed by atoms with van der Waals surface area (Å²) >= 11 is 0. The molecule has 0 fully saturated rings. The summed E-state index contributed by atoms with van der Waals surface area (Å²) in [6, 6.07) is 15.1. The van der Waals surface area contributed by atoms with Gasteiger partial charge in [-0.15, -0.1) is 0 Å². The lowest BCUT2D eigenvalue weighted by molar-refractivity contribution is -0.115. The average Bonchev–Trinajstić information content (AvgIpc) is 3.16. The normalized spacial score (nSPS) is 11.9. The van der Waals surface area contributed by atoms with Crippen LogP contribution in [0.15, 0.2) is 48.5 Å². The van der Waals surface area contributed by atoms with Gasteiger partial charge in [0.2, 0.25) is 11.7 Å². The summed E-state index contributed by atoms with van der Waals surface area (Å²) in [5, 5.41) is 11.1. The third-order valence-corrected chi connectivity index (χ3v) is 5.49. The topological polar surface area (TPSA) is 120 Å². The van der Waals surface area contributed by atoms with E-state index >= 15 is 0 Å². The van der Waals surface area contributed by atoms with Crippen molar-refractivity contribution in [2.24, 2.45) is 0 Å². The van der Waals surface area contributed by atoms with Crippen LogP contribution in [0.1, 0.15) is 38.5 Å². The fourth-order valence-electron chi connectivity index (χ4n) is 3.87. The van der Waals surface area contributed by atoms with Crippen LogP contribution in [0.2, 0.25) is 0 Å².